The minimum atomic E-state index is 0.238. The summed E-state index contributed by atoms with van der Waals surface area (Å²) in [6.45, 7) is 0.615. The van der Waals surface area contributed by atoms with Crippen molar-refractivity contribution in [3.63, 3.8) is 0 Å². The summed E-state index contributed by atoms with van der Waals surface area (Å²) in [7, 11) is 0. The number of fused-ring (bicyclic) bond motifs is 1. The Balaban J connectivity index is 1.82. The minimum absolute atomic E-state index is 0.238. The first kappa shape index (κ1) is 12.9. The fraction of sp³-hybridized carbons (Fsp3) is 0.0714. The second-order valence-electron chi connectivity index (χ2n) is 4.14. The van der Waals surface area contributed by atoms with Crippen LogP contribution in [0.15, 0.2) is 35.7 Å². The largest absolute Gasteiger partial charge is 0.365 e. The summed E-state index contributed by atoms with van der Waals surface area (Å²) in [5, 5.41) is 15.2. The lowest BCUT2D eigenvalue weighted by atomic mass is 10.1. The van der Waals surface area contributed by atoms with Gasteiger partial charge in [0.2, 0.25) is 5.28 Å². The fourth-order valence-corrected chi connectivity index (χ4v) is 2.83. The van der Waals surface area contributed by atoms with Gasteiger partial charge in [0.1, 0.15) is 10.6 Å². The van der Waals surface area contributed by atoms with E-state index >= 15 is 0 Å². The van der Waals surface area contributed by atoms with Gasteiger partial charge in [0, 0.05) is 6.54 Å². The van der Waals surface area contributed by atoms with Crippen LogP contribution in [0.5, 0.6) is 0 Å². The van der Waals surface area contributed by atoms with Crippen LogP contribution in [0, 0.1) is 11.3 Å². The molecule has 0 saturated heterocycles. The van der Waals surface area contributed by atoms with Crippen LogP contribution < -0.4 is 5.32 Å². The number of nitrogens with zero attached hydrogens (tertiary/aromatic N) is 3. The summed E-state index contributed by atoms with van der Waals surface area (Å²) >= 11 is 7.44. The predicted octanol–water partition coefficient (Wildman–Crippen LogP) is 3.83. The van der Waals surface area contributed by atoms with E-state index in [1.54, 1.807) is 12.1 Å². The first-order valence-corrected chi connectivity index (χ1v) is 7.15. The minimum Gasteiger partial charge on any atom is -0.365 e. The molecule has 0 amide bonds. The van der Waals surface area contributed by atoms with Crippen LogP contribution in [-0.4, -0.2) is 9.97 Å². The molecule has 4 nitrogen and oxygen atoms in total. The van der Waals surface area contributed by atoms with Crippen molar-refractivity contribution in [2.45, 2.75) is 6.54 Å². The van der Waals surface area contributed by atoms with Gasteiger partial charge in [-0.2, -0.15) is 5.26 Å². The second kappa shape index (κ2) is 5.45. The highest BCUT2D eigenvalue weighted by Crippen LogP contribution is 2.26. The number of rotatable bonds is 3. The summed E-state index contributed by atoms with van der Waals surface area (Å²) in [4.78, 5) is 9.26. The Morgan fingerprint density at radius 1 is 1.20 bits per heavy atom. The number of halogens is 1. The Morgan fingerprint density at radius 3 is 2.75 bits per heavy atom. The smallest absolute Gasteiger partial charge is 0.225 e. The molecule has 6 heteroatoms. The Morgan fingerprint density at radius 2 is 2.00 bits per heavy atom. The number of nitriles is 1. The third-order valence-electron chi connectivity index (χ3n) is 2.84. The Labute approximate surface area is 124 Å². The van der Waals surface area contributed by atoms with Crippen molar-refractivity contribution < 1.29 is 0 Å². The maximum atomic E-state index is 8.77. The number of nitrogens with one attached hydrogen (secondary N) is 1. The zero-order chi connectivity index (χ0) is 13.9. The number of hydrogen-bond donors (Lipinski definition) is 1. The number of aromatic nitrogens is 2. The Hall–Kier alpha value is -2.16. The van der Waals surface area contributed by atoms with Gasteiger partial charge < -0.3 is 5.32 Å². The molecule has 98 valence electrons. The lowest BCUT2D eigenvalue weighted by Gasteiger charge is -2.07. The highest BCUT2D eigenvalue weighted by molar-refractivity contribution is 7.16. The molecular formula is C14H9ClN4S. The van der Waals surface area contributed by atoms with Gasteiger partial charge >= 0.3 is 0 Å². The van der Waals surface area contributed by atoms with Crippen LogP contribution in [0.2, 0.25) is 5.28 Å². The van der Waals surface area contributed by atoms with Crippen molar-refractivity contribution in [1.82, 2.24) is 9.97 Å². The number of hydrogen-bond acceptors (Lipinski definition) is 5. The van der Waals surface area contributed by atoms with Crippen molar-refractivity contribution >= 4 is 39.0 Å². The summed E-state index contributed by atoms with van der Waals surface area (Å²) in [5.74, 6) is 0.727. The van der Waals surface area contributed by atoms with Gasteiger partial charge in [-0.15, -0.1) is 11.3 Å². The van der Waals surface area contributed by atoms with Gasteiger partial charge in [0.15, 0.2) is 0 Å². The van der Waals surface area contributed by atoms with E-state index < -0.39 is 0 Å². The number of thiophene rings is 1. The quantitative estimate of drug-likeness (QED) is 0.747. The maximum Gasteiger partial charge on any atom is 0.225 e. The number of benzene rings is 1. The third kappa shape index (κ3) is 2.57. The topological polar surface area (TPSA) is 61.6 Å². The van der Waals surface area contributed by atoms with E-state index in [0.29, 0.717) is 12.1 Å². The molecule has 2 heterocycles. The van der Waals surface area contributed by atoms with Gasteiger partial charge in [-0.05, 0) is 40.7 Å². The zero-order valence-electron chi connectivity index (χ0n) is 10.3. The third-order valence-corrected chi connectivity index (χ3v) is 3.82. The molecule has 0 radical (unpaired) electrons. The first-order valence-electron chi connectivity index (χ1n) is 5.90. The standard InChI is InChI=1S/C14H9ClN4S/c15-14-18-12(11-5-6-20-13(11)19-14)17-8-10-3-1-9(7-16)2-4-10/h1-6H,8H2,(H,17,18,19). The van der Waals surface area contributed by atoms with Crippen molar-refractivity contribution in [1.29, 1.82) is 5.26 Å². The summed E-state index contributed by atoms with van der Waals surface area (Å²) < 4.78 is 0. The van der Waals surface area contributed by atoms with E-state index in [4.69, 9.17) is 16.9 Å². The van der Waals surface area contributed by atoms with Crippen LogP contribution in [0.25, 0.3) is 10.2 Å². The molecule has 0 aliphatic heterocycles. The van der Waals surface area contributed by atoms with E-state index in [9.17, 15) is 0 Å². The zero-order valence-corrected chi connectivity index (χ0v) is 11.9. The van der Waals surface area contributed by atoms with Crippen molar-refractivity contribution in [2.75, 3.05) is 5.32 Å². The maximum absolute atomic E-state index is 8.77. The van der Waals surface area contributed by atoms with Gasteiger partial charge in [-0.3, -0.25) is 0 Å². The van der Waals surface area contributed by atoms with Crippen molar-refractivity contribution in [2.24, 2.45) is 0 Å². The molecular weight excluding hydrogens is 292 g/mol. The SMILES string of the molecule is N#Cc1ccc(CNc2nc(Cl)nc3sccc23)cc1. The average Bonchev–Trinajstić information content (AvgIpc) is 2.93. The molecule has 1 N–H and O–H groups in total. The molecule has 0 atom stereocenters. The van der Waals surface area contributed by atoms with Gasteiger partial charge in [-0.1, -0.05) is 12.1 Å². The van der Waals surface area contributed by atoms with Crippen molar-refractivity contribution in [3.05, 3.63) is 52.1 Å². The molecule has 0 aliphatic carbocycles. The molecule has 3 rings (SSSR count). The lowest BCUT2D eigenvalue weighted by Crippen LogP contribution is -2.02. The monoisotopic (exact) mass is 300 g/mol. The van der Waals surface area contributed by atoms with Crippen LogP contribution in [0.1, 0.15) is 11.1 Å². The first-order chi connectivity index (χ1) is 9.76. The molecule has 0 saturated carbocycles. The van der Waals surface area contributed by atoms with E-state index in [2.05, 4.69) is 21.4 Å². The lowest BCUT2D eigenvalue weighted by molar-refractivity contribution is 1.10. The average molecular weight is 301 g/mol. The van der Waals surface area contributed by atoms with Gasteiger partial charge in [-0.25, -0.2) is 9.97 Å². The molecule has 3 aromatic rings. The summed E-state index contributed by atoms with van der Waals surface area (Å²) in [6.07, 6.45) is 0. The molecule has 0 unspecified atom stereocenters. The number of anilines is 1. The molecule has 1 aromatic carbocycles. The summed E-state index contributed by atoms with van der Waals surface area (Å²) in [6, 6.07) is 11.5. The van der Waals surface area contributed by atoms with Gasteiger partial charge in [0.05, 0.1) is 17.0 Å². The summed E-state index contributed by atoms with van der Waals surface area (Å²) in [5.41, 5.74) is 1.72. The van der Waals surface area contributed by atoms with Crippen LogP contribution in [0.3, 0.4) is 0 Å². The molecule has 2 aromatic heterocycles. The van der Waals surface area contributed by atoms with Crippen LogP contribution >= 0.6 is 22.9 Å². The van der Waals surface area contributed by atoms with E-state index in [1.807, 2.05) is 23.6 Å². The van der Waals surface area contributed by atoms with Crippen LogP contribution in [-0.2, 0) is 6.54 Å². The fourth-order valence-electron chi connectivity index (χ4n) is 1.85. The van der Waals surface area contributed by atoms with E-state index in [-0.39, 0.29) is 5.28 Å². The molecule has 0 bridgehead atoms. The second-order valence-corrected chi connectivity index (χ2v) is 5.38. The molecule has 0 fully saturated rings. The highest BCUT2D eigenvalue weighted by atomic mass is 35.5. The normalized spacial score (nSPS) is 10.4. The van der Waals surface area contributed by atoms with Crippen LogP contribution in [0.4, 0.5) is 5.82 Å². The van der Waals surface area contributed by atoms with E-state index in [0.717, 1.165) is 21.6 Å². The van der Waals surface area contributed by atoms with Gasteiger partial charge in [0.25, 0.3) is 0 Å². The van der Waals surface area contributed by atoms with E-state index in [1.165, 1.54) is 11.3 Å². The Bertz CT molecular complexity index is 789. The van der Waals surface area contributed by atoms with Crippen molar-refractivity contribution in [3.8, 4) is 6.07 Å². The highest BCUT2D eigenvalue weighted by Gasteiger charge is 2.07. The predicted molar refractivity (Wildman–Crippen MR) is 80.9 cm³/mol. The molecule has 0 spiro atoms. The molecule has 20 heavy (non-hydrogen) atoms. The molecule has 0 aliphatic rings. The Kier molecular flexibility index (Phi) is 3.50.